The van der Waals surface area contributed by atoms with Crippen LogP contribution in [0.15, 0.2) is 25.3 Å². The summed E-state index contributed by atoms with van der Waals surface area (Å²) in [5.41, 5.74) is 18.6. The van der Waals surface area contributed by atoms with Crippen molar-refractivity contribution in [2.24, 2.45) is 34.0 Å². The Bertz CT molecular complexity index is 3470. The first-order valence-corrected chi connectivity index (χ1v) is 32.2. The molecule has 420 valence electrons. The van der Waals surface area contributed by atoms with Crippen LogP contribution in [0.4, 0.5) is 17.5 Å². The largest absolute Gasteiger partial charge is 0.390 e. The minimum absolute atomic E-state index is 0. The van der Waals surface area contributed by atoms with Gasteiger partial charge >= 0.3 is 0 Å². The second kappa shape index (κ2) is 18.8. The van der Waals surface area contributed by atoms with Crippen LogP contribution in [0.5, 0.6) is 0 Å². The lowest BCUT2D eigenvalue weighted by atomic mass is 10.0. The number of fused-ring (bicyclic) bond motifs is 8. The molecule has 6 aromatic heterocycles. The van der Waals surface area contributed by atoms with Crippen molar-refractivity contribution in [2.45, 2.75) is 108 Å². The Labute approximate surface area is 451 Å². The third-order valence-electron chi connectivity index (χ3n) is 16.7. The third kappa shape index (κ3) is 9.36. The molecule has 6 aromatic rings. The molecular weight excluding hydrogens is 1110 g/mol. The molecule has 0 bridgehead atoms. The predicted molar refractivity (Wildman–Crippen MR) is 284 cm³/mol. The Hall–Kier alpha value is -4.04. The van der Waals surface area contributed by atoms with E-state index in [4.69, 9.17) is 54.4 Å². The molecule has 7 fully saturated rings. The summed E-state index contributed by atoms with van der Waals surface area (Å²) >= 11 is 11.9. The Kier molecular flexibility index (Phi) is 13.7. The number of anilines is 3. The maximum atomic E-state index is 13.1. The van der Waals surface area contributed by atoms with Gasteiger partial charge in [-0.2, -0.15) is 19.9 Å². The average molecular weight is 1170 g/mol. The van der Waals surface area contributed by atoms with Crippen LogP contribution in [0, 0.1) is 34.0 Å². The van der Waals surface area contributed by atoms with Crippen LogP contribution in [-0.2, 0) is 27.7 Å². The van der Waals surface area contributed by atoms with Crippen molar-refractivity contribution < 1.29 is 57.9 Å². The quantitative estimate of drug-likeness (QED) is 0.0661. The zero-order chi connectivity index (χ0) is 54.8. The molecule has 0 radical (unpaired) electrons. The topological polar surface area (TPSA) is 409 Å². The van der Waals surface area contributed by atoms with Crippen molar-refractivity contribution in [1.29, 1.82) is 0 Å². The molecule has 12 N–H and O–H groups in total. The van der Waals surface area contributed by atoms with Gasteiger partial charge in [-0.05, 0) is 81.0 Å². The molecule has 1 aliphatic heterocycles. The monoisotopic (exact) mass is 1170 g/mol. The van der Waals surface area contributed by atoms with Crippen LogP contribution < -0.4 is 17.2 Å². The molecule has 1 saturated heterocycles. The number of hydrogen-bond acceptors (Lipinski definition) is 22. The third-order valence-corrected chi connectivity index (χ3v) is 21.3. The van der Waals surface area contributed by atoms with Crippen LogP contribution in [-0.4, -0.2) is 176 Å². The molecule has 7 heterocycles. The highest BCUT2D eigenvalue weighted by atomic mass is 35.5. The first kappa shape index (κ1) is 56.2. The highest BCUT2D eigenvalue weighted by Crippen LogP contribution is 2.76. The van der Waals surface area contributed by atoms with E-state index in [2.05, 4.69) is 44.9 Å². The van der Waals surface area contributed by atoms with Crippen LogP contribution in [0.25, 0.3) is 33.5 Å². The molecule has 13 rings (SSSR count). The van der Waals surface area contributed by atoms with Gasteiger partial charge in [0.25, 0.3) is 0 Å². The number of imidazole rings is 3. The van der Waals surface area contributed by atoms with Crippen LogP contribution >= 0.6 is 45.3 Å². The number of aliphatic hydroxyl groups is 4. The summed E-state index contributed by atoms with van der Waals surface area (Å²) in [7, 11) is -9.39. The normalized spacial score (nSPS) is 37.0. The summed E-state index contributed by atoms with van der Waals surface area (Å²) in [6.07, 6.45) is 3.87. The van der Waals surface area contributed by atoms with Crippen molar-refractivity contribution in [1.82, 2.24) is 58.6 Å². The zero-order valence-electron chi connectivity index (χ0n) is 42.0. The highest BCUT2D eigenvalue weighted by Gasteiger charge is 2.77. The first-order valence-electron chi connectivity index (χ1n) is 24.6. The van der Waals surface area contributed by atoms with Gasteiger partial charge in [-0.1, -0.05) is 7.43 Å². The van der Waals surface area contributed by atoms with Gasteiger partial charge in [0.15, 0.2) is 54.9 Å². The van der Waals surface area contributed by atoms with E-state index >= 15 is 0 Å². The molecule has 77 heavy (non-hydrogen) atoms. The summed E-state index contributed by atoms with van der Waals surface area (Å²) in [5, 5.41) is 41.9. The van der Waals surface area contributed by atoms with Gasteiger partial charge in [0.05, 0.1) is 62.0 Å². The molecule has 3 unspecified atom stereocenters. The molecule has 0 spiro atoms. The second-order valence-corrected chi connectivity index (χ2v) is 30.6. The summed E-state index contributed by atoms with van der Waals surface area (Å²) in [4.78, 5) is 56.6. The van der Waals surface area contributed by atoms with E-state index in [0.717, 1.165) is 6.42 Å². The average Bonchev–Trinajstić information content (AvgIpc) is 3.83. The molecule has 7 aliphatic rings. The molecule has 32 heteroatoms. The standard InChI is InChI=1S/C18H25ClN5O4P.C13H17ClN5O4P.C13H18N5O4P.CH4/c1-5-26-29(4,25)7-18-6-9(18)11(12-13(18)28-17(2,3)27-12)24-8-21-10-14(20)22-16(19)23-15(10)24;1-24(22,23)3-13-2-5(13)7(8(20)9(13)21)19-4-16-6-10(15)17-12(14)18-11(6)19;1-23(21,22)3-13-2-6(13)8(9(19)10(13)20)18-5-17-7-11(14)15-4-16-12(7)18;/h8-9,11-13H,5-7H2,1-4H3,(H2,20,22,23);4-5,7-9,20-21H,2-3H2,1H3,(H,22,23)(H2,15,17,18);4-6,8-10,19-20H,2-3H2,1H3,(H,21,22)(H2,14,15,16);1H4/t9-,11-,12+,13+,18+,29?;5-,7-,8+,9+,13+;6-,8-,9+,10+,13+;/m111./s1. The van der Waals surface area contributed by atoms with E-state index < -0.39 is 75.2 Å². The van der Waals surface area contributed by atoms with E-state index in [-0.39, 0.29) is 89.2 Å². The molecular formula is C45H64Cl2N15O12P3. The van der Waals surface area contributed by atoms with Crippen molar-refractivity contribution in [3.05, 3.63) is 35.9 Å². The molecule has 6 saturated carbocycles. The molecule has 18 atom stereocenters. The highest BCUT2D eigenvalue weighted by molar-refractivity contribution is 7.58. The molecule has 0 amide bonds. The molecule has 6 aliphatic carbocycles. The van der Waals surface area contributed by atoms with Gasteiger partial charge in [-0.15, -0.1) is 0 Å². The van der Waals surface area contributed by atoms with E-state index in [0.29, 0.717) is 59.1 Å². The van der Waals surface area contributed by atoms with Crippen LogP contribution in [0.1, 0.15) is 65.6 Å². The summed E-state index contributed by atoms with van der Waals surface area (Å²) in [6.45, 7) is 10.4. The Morgan fingerprint density at radius 2 is 1.06 bits per heavy atom. The minimum Gasteiger partial charge on any atom is -0.390 e. The fourth-order valence-electron chi connectivity index (χ4n) is 13.9. The van der Waals surface area contributed by atoms with Crippen LogP contribution in [0.3, 0.4) is 0 Å². The lowest BCUT2D eigenvalue weighted by molar-refractivity contribution is -0.160. The number of halogens is 2. The van der Waals surface area contributed by atoms with E-state index in [1.807, 2.05) is 25.3 Å². The predicted octanol–water partition coefficient (Wildman–Crippen LogP) is 3.56. The maximum Gasteiger partial charge on any atom is 0.226 e. The van der Waals surface area contributed by atoms with Crippen molar-refractivity contribution in [3.63, 3.8) is 0 Å². The summed E-state index contributed by atoms with van der Waals surface area (Å²) in [6, 6.07) is -1.03. The van der Waals surface area contributed by atoms with Gasteiger partial charge in [0, 0.05) is 54.7 Å². The van der Waals surface area contributed by atoms with Crippen LogP contribution in [0.2, 0.25) is 10.6 Å². The van der Waals surface area contributed by atoms with E-state index in [1.54, 1.807) is 22.1 Å². The Morgan fingerprint density at radius 3 is 1.53 bits per heavy atom. The number of aromatic nitrogens is 12. The zero-order valence-corrected chi connectivity index (χ0v) is 46.2. The van der Waals surface area contributed by atoms with Gasteiger partial charge in [0.2, 0.25) is 17.9 Å². The number of aliphatic hydroxyl groups excluding tert-OH is 4. The number of nitrogen functional groups attached to an aromatic ring is 3. The fraction of sp³-hybridized carbons (Fsp3) is 0.667. The lowest BCUT2D eigenvalue weighted by Gasteiger charge is -2.25. The number of rotatable bonds is 11. The van der Waals surface area contributed by atoms with E-state index in [9.17, 15) is 43.9 Å². The summed E-state index contributed by atoms with van der Waals surface area (Å²) in [5.74, 6) is -0.121. The van der Waals surface area contributed by atoms with Gasteiger partial charge in [0.1, 0.15) is 41.2 Å². The van der Waals surface area contributed by atoms with Crippen molar-refractivity contribution in [3.8, 4) is 0 Å². The summed E-state index contributed by atoms with van der Waals surface area (Å²) < 4.78 is 60.2. The number of nitrogens with zero attached hydrogens (tertiary/aromatic N) is 12. The minimum atomic E-state index is -3.33. The number of nitrogens with two attached hydrogens (primary N) is 3. The SMILES string of the molecule is C.CCOP(C)(=O)C[C@@]12C[C@@H]1[C@@H](n1cnc3c(N)nc(Cl)nc31)[C@@H]1OC(C)(C)O[C@@H]12.CP(=O)(O)C[C@@]12C[C@@H]1[C@@H](n1cnc3c(N)nc(Cl)nc31)[C@H](O)[C@@H]2O.CP(=O)(O)C[C@@]12C[C@@H]1[C@@H](n1cnc3c(N)ncnc31)[C@H](O)[C@@H]2O. The number of hydrogen-bond donors (Lipinski definition) is 9. The molecule has 0 aromatic carbocycles. The van der Waals surface area contributed by atoms with Crippen molar-refractivity contribution in [2.75, 3.05) is 62.3 Å². The smallest absolute Gasteiger partial charge is 0.226 e. The fourth-order valence-corrected chi connectivity index (χ4v) is 19.7. The maximum absolute atomic E-state index is 13.1. The molecule has 27 nitrogen and oxygen atoms in total. The second-order valence-electron chi connectivity index (χ2n) is 22.5. The lowest BCUT2D eigenvalue weighted by Crippen LogP contribution is -2.35. The first-order chi connectivity index (χ1) is 35.5. The Balaban J connectivity index is 0.000000131. The van der Waals surface area contributed by atoms with E-state index in [1.165, 1.54) is 32.3 Å². The Morgan fingerprint density at radius 1 is 0.636 bits per heavy atom. The van der Waals surface area contributed by atoms with Crippen molar-refractivity contribution >= 4 is 96.3 Å². The van der Waals surface area contributed by atoms with Gasteiger partial charge in [-0.3, -0.25) is 13.7 Å². The number of ether oxygens (including phenoxy) is 2. The van der Waals surface area contributed by atoms with Gasteiger partial charge < -0.3 is 75.1 Å². The van der Waals surface area contributed by atoms with Gasteiger partial charge in [-0.25, -0.2) is 24.9 Å².